The van der Waals surface area contributed by atoms with Gasteiger partial charge in [0.25, 0.3) is 0 Å². The van der Waals surface area contributed by atoms with Gasteiger partial charge in [-0.2, -0.15) is 0 Å². The Morgan fingerprint density at radius 2 is 1.80 bits per heavy atom. The number of pyridine rings is 2. The Bertz CT molecular complexity index is 601. The molecule has 0 bridgehead atoms. The number of nitrogen functional groups attached to an aromatic ring is 1. The van der Waals surface area contributed by atoms with Crippen molar-refractivity contribution in [3.8, 4) is 0 Å². The quantitative estimate of drug-likeness (QED) is 0.865. The predicted octanol–water partition coefficient (Wildman–Crippen LogP) is 1.73. The topological polar surface area (TPSA) is 90.1 Å². The second-order valence-electron chi connectivity index (χ2n) is 4.24. The standard InChI is InChI=1S/C14H16N4O2/c1-10(19)16-14-7-3-5-12(18-14)9-20-8-11-4-2-6-13(15)17-11/h2-7H,8-9H2,1H3,(H2,15,17)(H,16,18,19). The third-order valence-corrected chi connectivity index (χ3v) is 2.44. The molecule has 0 spiro atoms. The van der Waals surface area contributed by atoms with E-state index in [4.69, 9.17) is 10.5 Å². The van der Waals surface area contributed by atoms with E-state index < -0.39 is 0 Å². The third-order valence-electron chi connectivity index (χ3n) is 2.44. The Balaban J connectivity index is 1.89. The second kappa shape index (κ2) is 6.63. The van der Waals surface area contributed by atoms with Gasteiger partial charge >= 0.3 is 0 Å². The van der Waals surface area contributed by atoms with Gasteiger partial charge in [-0.1, -0.05) is 12.1 Å². The van der Waals surface area contributed by atoms with Crippen LogP contribution in [-0.2, 0) is 22.7 Å². The molecule has 6 heteroatoms. The molecule has 0 saturated carbocycles. The van der Waals surface area contributed by atoms with E-state index in [2.05, 4.69) is 15.3 Å². The zero-order chi connectivity index (χ0) is 14.4. The summed E-state index contributed by atoms with van der Waals surface area (Å²) in [4.78, 5) is 19.3. The molecule has 2 aromatic heterocycles. The van der Waals surface area contributed by atoms with Gasteiger partial charge in [-0.15, -0.1) is 0 Å². The van der Waals surface area contributed by atoms with Gasteiger partial charge in [0.2, 0.25) is 5.91 Å². The van der Waals surface area contributed by atoms with E-state index in [0.717, 1.165) is 11.4 Å². The largest absolute Gasteiger partial charge is 0.384 e. The molecule has 0 aliphatic carbocycles. The minimum absolute atomic E-state index is 0.153. The van der Waals surface area contributed by atoms with Crippen LogP contribution < -0.4 is 11.1 Å². The number of nitrogens with two attached hydrogens (primary N) is 1. The van der Waals surface area contributed by atoms with Gasteiger partial charge in [-0.25, -0.2) is 9.97 Å². The van der Waals surface area contributed by atoms with E-state index in [1.165, 1.54) is 6.92 Å². The molecule has 0 aliphatic heterocycles. The monoisotopic (exact) mass is 272 g/mol. The number of rotatable bonds is 5. The first-order valence-corrected chi connectivity index (χ1v) is 6.16. The van der Waals surface area contributed by atoms with Crippen molar-refractivity contribution in [1.82, 2.24) is 9.97 Å². The minimum atomic E-state index is -0.153. The van der Waals surface area contributed by atoms with Crippen molar-refractivity contribution in [2.75, 3.05) is 11.1 Å². The lowest BCUT2D eigenvalue weighted by atomic mass is 10.3. The van der Waals surface area contributed by atoms with Crippen LogP contribution in [0.1, 0.15) is 18.3 Å². The summed E-state index contributed by atoms with van der Waals surface area (Å²) in [6.07, 6.45) is 0. The molecule has 2 aromatic rings. The van der Waals surface area contributed by atoms with E-state index in [9.17, 15) is 4.79 Å². The Morgan fingerprint density at radius 1 is 1.15 bits per heavy atom. The van der Waals surface area contributed by atoms with Crippen molar-refractivity contribution in [1.29, 1.82) is 0 Å². The lowest BCUT2D eigenvalue weighted by molar-refractivity contribution is -0.114. The molecule has 3 N–H and O–H groups in total. The molecule has 0 aromatic carbocycles. The highest BCUT2D eigenvalue weighted by atomic mass is 16.5. The molecule has 6 nitrogen and oxygen atoms in total. The van der Waals surface area contributed by atoms with Crippen LogP contribution in [-0.4, -0.2) is 15.9 Å². The maximum Gasteiger partial charge on any atom is 0.222 e. The molecule has 1 amide bonds. The SMILES string of the molecule is CC(=O)Nc1cccc(COCc2cccc(N)n2)n1. The molecule has 2 rings (SSSR count). The van der Waals surface area contributed by atoms with E-state index in [-0.39, 0.29) is 5.91 Å². The summed E-state index contributed by atoms with van der Waals surface area (Å²) >= 11 is 0. The molecule has 0 atom stereocenters. The Kier molecular flexibility index (Phi) is 4.62. The highest BCUT2D eigenvalue weighted by molar-refractivity contribution is 5.87. The molecule has 2 heterocycles. The molecule has 0 aliphatic rings. The van der Waals surface area contributed by atoms with Gasteiger partial charge < -0.3 is 15.8 Å². The van der Waals surface area contributed by atoms with Gasteiger partial charge in [0.15, 0.2) is 0 Å². The number of hydrogen-bond acceptors (Lipinski definition) is 5. The third kappa shape index (κ3) is 4.33. The summed E-state index contributed by atoms with van der Waals surface area (Å²) in [5.74, 6) is 0.831. The van der Waals surface area contributed by atoms with Gasteiger partial charge in [0.1, 0.15) is 11.6 Å². The molecule has 0 unspecified atom stereocenters. The number of anilines is 2. The smallest absolute Gasteiger partial charge is 0.222 e. The van der Waals surface area contributed by atoms with Gasteiger partial charge in [-0.05, 0) is 24.3 Å². The Labute approximate surface area is 117 Å². The average molecular weight is 272 g/mol. The van der Waals surface area contributed by atoms with Crippen molar-refractivity contribution >= 4 is 17.5 Å². The number of hydrogen-bond donors (Lipinski definition) is 2. The molecular weight excluding hydrogens is 256 g/mol. The lowest BCUT2D eigenvalue weighted by Crippen LogP contribution is -2.08. The lowest BCUT2D eigenvalue weighted by Gasteiger charge is -2.06. The maximum atomic E-state index is 11.0. The minimum Gasteiger partial charge on any atom is -0.384 e. The average Bonchev–Trinajstić information content (AvgIpc) is 2.38. The van der Waals surface area contributed by atoms with Crippen molar-refractivity contribution < 1.29 is 9.53 Å². The van der Waals surface area contributed by atoms with Crippen LogP contribution in [0.2, 0.25) is 0 Å². The van der Waals surface area contributed by atoms with E-state index in [1.807, 2.05) is 24.3 Å². The molecule has 0 saturated heterocycles. The first kappa shape index (κ1) is 14.0. The van der Waals surface area contributed by atoms with Crippen LogP contribution >= 0.6 is 0 Å². The van der Waals surface area contributed by atoms with E-state index in [1.54, 1.807) is 12.1 Å². The summed E-state index contributed by atoms with van der Waals surface area (Å²) in [5, 5.41) is 2.63. The van der Waals surface area contributed by atoms with Gasteiger partial charge in [0.05, 0.1) is 24.6 Å². The predicted molar refractivity (Wildman–Crippen MR) is 75.7 cm³/mol. The van der Waals surface area contributed by atoms with Crippen molar-refractivity contribution in [3.05, 3.63) is 47.8 Å². The van der Waals surface area contributed by atoms with Crippen molar-refractivity contribution in [3.63, 3.8) is 0 Å². The zero-order valence-corrected chi connectivity index (χ0v) is 11.2. The first-order valence-electron chi connectivity index (χ1n) is 6.16. The fraction of sp³-hybridized carbons (Fsp3) is 0.214. The van der Waals surface area contributed by atoms with Crippen LogP contribution in [0.5, 0.6) is 0 Å². The second-order valence-corrected chi connectivity index (χ2v) is 4.24. The van der Waals surface area contributed by atoms with Crippen molar-refractivity contribution in [2.45, 2.75) is 20.1 Å². The number of aromatic nitrogens is 2. The number of amides is 1. The van der Waals surface area contributed by atoms with Crippen LogP contribution in [0.4, 0.5) is 11.6 Å². The van der Waals surface area contributed by atoms with Crippen LogP contribution in [0, 0.1) is 0 Å². The molecule has 0 fully saturated rings. The van der Waals surface area contributed by atoms with Crippen LogP contribution in [0.15, 0.2) is 36.4 Å². The van der Waals surface area contributed by atoms with Gasteiger partial charge in [0, 0.05) is 6.92 Å². The molecule has 104 valence electrons. The first-order chi connectivity index (χ1) is 9.63. The molecule has 20 heavy (non-hydrogen) atoms. The number of carbonyl (C=O) groups excluding carboxylic acids is 1. The fourth-order valence-corrected chi connectivity index (χ4v) is 1.65. The fourth-order valence-electron chi connectivity index (χ4n) is 1.65. The normalized spacial score (nSPS) is 10.2. The highest BCUT2D eigenvalue weighted by Crippen LogP contribution is 2.08. The zero-order valence-electron chi connectivity index (χ0n) is 11.2. The Morgan fingerprint density at radius 3 is 2.45 bits per heavy atom. The highest BCUT2D eigenvalue weighted by Gasteiger charge is 2.01. The number of nitrogens with zero attached hydrogens (tertiary/aromatic N) is 2. The van der Waals surface area contributed by atoms with Crippen LogP contribution in [0.25, 0.3) is 0 Å². The molecular formula is C14H16N4O2. The van der Waals surface area contributed by atoms with Gasteiger partial charge in [-0.3, -0.25) is 4.79 Å². The summed E-state index contributed by atoms with van der Waals surface area (Å²) in [6, 6.07) is 10.8. The summed E-state index contributed by atoms with van der Waals surface area (Å²) in [5.41, 5.74) is 7.09. The molecule has 0 radical (unpaired) electrons. The summed E-state index contributed by atoms with van der Waals surface area (Å²) in [6.45, 7) is 2.14. The van der Waals surface area contributed by atoms with E-state index in [0.29, 0.717) is 24.8 Å². The number of ether oxygens (including phenoxy) is 1. The maximum absolute atomic E-state index is 11.0. The van der Waals surface area contributed by atoms with E-state index >= 15 is 0 Å². The number of nitrogens with one attached hydrogen (secondary N) is 1. The summed E-state index contributed by atoms with van der Waals surface area (Å²) < 4.78 is 5.53. The van der Waals surface area contributed by atoms with Crippen molar-refractivity contribution in [2.24, 2.45) is 0 Å². The Hall–Kier alpha value is -2.47. The number of carbonyl (C=O) groups is 1. The summed E-state index contributed by atoms with van der Waals surface area (Å²) in [7, 11) is 0. The van der Waals surface area contributed by atoms with Crippen LogP contribution in [0.3, 0.4) is 0 Å².